The zero-order valence-electron chi connectivity index (χ0n) is 8.37. The van der Waals surface area contributed by atoms with E-state index in [1.807, 2.05) is 6.92 Å². The minimum atomic E-state index is -2.44. The summed E-state index contributed by atoms with van der Waals surface area (Å²) < 4.78 is 25.7. The first-order valence-corrected chi connectivity index (χ1v) is 4.89. The molecule has 0 bridgehead atoms. The molecular weight excluding hydrogens is 158 g/mol. The lowest BCUT2D eigenvalue weighted by Gasteiger charge is -2.18. The summed E-state index contributed by atoms with van der Waals surface area (Å²) >= 11 is 0. The fraction of sp³-hybridized carbons (Fsp3) is 1.00. The number of halogens is 2. The van der Waals surface area contributed by atoms with Crippen molar-refractivity contribution in [3.8, 4) is 0 Å². The zero-order chi connectivity index (χ0) is 9.61. The third kappa shape index (κ3) is 5.50. The van der Waals surface area contributed by atoms with Gasteiger partial charge in [0.25, 0.3) is 0 Å². The van der Waals surface area contributed by atoms with Crippen LogP contribution >= 0.6 is 0 Å². The van der Waals surface area contributed by atoms with Crippen molar-refractivity contribution in [2.24, 2.45) is 5.92 Å². The monoisotopic (exact) mass is 178 g/mol. The van der Waals surface area contributed by atoms with E-state index >= 15 is 0 Å². The van der Waals surface area contributed by atoms with E-state index in [4.69, 9.17) is 0 Å². The molecule has 0 saturated heterocycles. The number of alkyl halides is 2. The summed E-state index contributed by atoms with van der Waals surface area (Å²) in [7, 11) is 0. The lowest BCUT2D eigenvalue weighted by atomic mass is 9.96. The first kappa shape index (κ1) is 11.9. The van der Waals surface area contributed by atoms with Crippen LogP contribution in [0.1, 0.15) is 52.9 Å². The molecule has 2 heteroatoms. The average Bonchev–Trinajstić information content (AvgIpc) is 2.00. The second-order valence-electron chi connectivity index (χ2n) is 3.66. The van der Waals surface area contributed by atoms with Gasteiger partial charge in [-0.25, -0.2) is 8.78 Å². The summed E-state index contributed by atoms with van der Waals surface area (Å²) in [6.07, 6.45) is 3.14. The van der Waals surface area contributed by atoms with Crippen molar-refractivity contribution in [1.29, 1.82) is 0 Å². The Labute approximate surface area is 74.4 Å². The van der Waals surface area contributed by atoms with E-state index in [2.05, 4.69) is 6.92 Å². The van der Waals surface area contributed by atoms with Gasteiger partial charge in [0.1, 0.15) is 0 Å². The van der Waals surface area contributed by atoms with Gasteiger partial charge in [0, 0.05) is 12.8 Å². The lowest BCUT2D eigenvalue weighted by Crippen LogP contribution is -2.18. The average molecular weight is 178 g/mol. The van der Waals surface area contributed by atoms with Crippen LogP contribution < -0.4 is 0 Å². The van der Waals surface area contributed by atoms with Crippen LogP contribution in [0.4, 0.5) is 8.78 Å². The Hall–Kier alpha value is -0.140. The summed E-state index contributed by atoms with van der Waals surface area (Å²) in [6.45, 7) is 5.55. The molecule has 0 rings (SSSR count). The molecule has 12 heavy (non-hydrogen) atoms. The van der Waals surface area contributed by atoms with Crippen molar-refractivity contribution >= 4 is 0 Å². The molecule has 1 unspecified atom stereocenters. The topological polar surface area (TPSA) is 0 Å². The van der Waals surface area contributed by atoms with Crippen molar-refractivity contribution in [1.82, 2.24) is 0 Å². The van der Waals surface area contributed by atoms with Gasteiger partial charge in [-0.3, -0.25) is 0 Å². The van der Waals surface area contributed by atoms with E-state index in [0.717, 1.165) is 19.3 Å². The highest BCUT2D eigenvalue weighted by atomic mass is 19.3. The minimum Gasteiger partial charge on any atom is -0.207 e. The molecule has 0 saturated carbocycles. The Morgan fingerprint density at radius 3 is 2.25 bits per heavy atom. The summed E-state index contributed by atoms with van der Waals surface area (Å²) in [6, 6.07) is 0. The molecule has 0 N–H and O–H groups in total. The third-order valence-electron chi connectivity index (χ3n) is 2.21. The molecule has 0 amide bonds. The number of rotatable bonds is 6. The van der Waals surface area contributed by atoms with Crippen molar-refractivity contribution in [3.63, 3.8) is 0 Å². The molecule has 0 aromatic rings. The molecular formula is C10H20F2. The summed E-state index contributed by atoms with van der Waals surface area (Å²) in [5.74, 6) is -2.27. The van der Waals surface area contributed by atoms with Gasteiger partial charge in [0.2, 0.25) is 5.92 Å². The highest BCUT2D eigenvalue weighted by Crippen LogP contribution is 2.28. The molecule has 0 radical (unpaired) electrons. The van der Waals surface area contributed by atoms with E-state index in [1.54, 1.807) is 6.92 Å². The third-order valence-corrected chi connectivity index (χ3v) is 2.21. The first-order chi connectivity index (χ1) is 5.52. The molecule has 74 valence electrons. The van der Waals surface area contributed by atoms with Crippen LogP contribution in [-0.2, 0) is 0 Å². The number of unbranched alkanes of at least 4 members (excludes halogenated alkanes) is 1. The zero-order valence-corrected chi connectivity index (χ0v) is 8.37. The van der Waals surface area contributed by atoms with E-state index in [0.29, 0.717) is 0 Å². The van der Waals surface area contributed by atoms with Crippen LogP contribution in [0.5, 0.6) is 0 Å². The van der Waals surface area contributed by atoms with Gasteiger partial charge >= 0.3 is 0 Å². The Morgan fingerprint density at radius 1 is 1.25 bits per heavy atom. The molecule has 0 nitrogen and oxygen atoms in total. The highest BCUT2D eigenvalue weighted by molar-refractivity contribution is 4.67. The fourth-order valence-corrected chi connectivity index (χ4v) is 1.31. The van der Waals surface area contributed by atoms with Crippen LogP contribution in [0.3, 0.4) is 0 Å². The molecule has 0 aliphatic carbocycles. The molecule has 0 aliphatic heterocycles. The normalized spacial score (nSPS) is 14.8. The van der Waals surface area contributed by atoms with Crippen molar-refractivity contribution < 1.29 is 8.78 Å². The molecule has 0 heterocycles. The van der Waals surface area contributed by atoms with Crippen molar-refractivity contribution in [2.45, 2.75) is 58.8 Å². The van der Waals surface area contributed by atoms with Gasteiger partial charge in [-0.1, -0.05) is 40.0 Å². The van der Waals surface area contributed by atoms with Gasteiger partial charge in [0.05, 0.1) is 0 Å². The van der Waals surface area contributed by atoms with E-state index < -0.39 is 5.92 Å². The number of hydrogen-bond acceptors (Lipinski definition) is 0. The van der Waals surface area contributed by atoms with Crippen LogP contribution in [0.25, 0.3) is 0 Å². The van der Waals surface area contributed by atoms with Crippen LogP contribution in [0, 0.1) is 5.92 Å². The first-order valence-electron chi connectivity index (χ1n) is 4.89. The predicted octanol–water partition coefficient (Wildman–Crippen LogP) is 4.25. The molecule has 0 spiro atoms. The summed E-state index contributed by atoms with van der Waals surface area (Å²) in [5.41, 5.74) is 0. The maximum absolute atomic E-state index is 12.8. The molecule has 0 aromatic heterocycles. The van der Waals surface area contributed by atoms with Gasteiger partial charge in [-0.05, 0) is 5.92 Å². The maximum Gasteiger partial charge on any atom is 0.248 e. The minimum absolute atomic E-state index is 0.0243. The van der Waals surface area contributed by atoms with Crippen LogP contribution in [0.2, 0.25) is 0 Å². The predicted molar refractivity (Wildman–Crippen MR) is 48.5 cm³/mol. The SMILES string of the molecule is CCCCC(C)CC(F)(F)CC. The fourth-order valence-electron chi connectivity index (χ4n) is 1.31. The Balaban J connectivity index is 3.60. The summed E-state index contributed by atoms with van der Waals surface area (Å²) in [5, 5.41) is 0. The summed E-state index contributed by atoms with van der Waals surface area (Å²) in [4.78, 5) is 0. The van der Waals surface area contributed by atoms with Crippen molar-refractivity contribution in [2.75, 3.05) is 0 Å². The van der Waals surface area contributed by atoms with E-state index in [1.165, 1.54) is 0 Å². The quantitative estimate of drug-likeness (QED) is 0.570. The molecule has 0 fully saturated rings. The highest BCUT2D eigenvalue weighted by Gasteiger charge is 2.27. The molecule has 0 aliphatic rings. The maximum atomic E-state index is 12.8. The van der Waals surface area contributed by atoms with Gasteiger partial charge < -0.3 is 0 Å². The van der Waals surface area contributed by atoms with Gasteiger partial charge in [-0.15, -0.1) is 0 Å². The second kappa shape index (κ2) is 5.50. The molecule has 0 aromatic carbocycles. The standard InChI is InChI=1S/C10H20F2/c1-4-6-7-9(3)8-10(11,12)5-2/h9H,4-8H2,1-3H3. The molecule has 1 atom stereocenters. The van der Waals surface area contributed by atoms with Gasteiger partial charge in [0.15, 0.2) is 0 Å². The largest absolute Gasteiger partial charge is 0.248 e. The number of hydrogen-bond donors (Lipinski definition) is 0. The van der Waals surface area contributed by atoms with E-state index in [-0.39, 0.29) is 18.8 Å². The van der Waals surface area contributed by atoms with E-state index in [9.17, 15) is 8.78 Å². The second-order valence-corrected chi connectivity index (χ2v) is 3.66. The lowest BCUT2D eigenvalue weighted by molar-refractivity contribution is -0.0254. The Bertz CT molecular complexity index is 110. The smallest absolute Gasteiger partial charge is 0.207 e. The Kier molecular flexibility index (Phi) is 5.43. The van der Waals surface area contributed by atoms with Crippen LogP contribution in [0.15, 0.2) is 0 Å². The van der Waals surface area contributed by atoms with Gasteiger partial charge in [-0.2, -0.15) is 0 Å². The van der Waals surface area contributed by atoms with Crippen molar-refractivity contribution in [3.05, 3.63) is 0 Å². The Morgan fingerprint density at radius 2 is 1.83 bits per heavy atom. The van der Waals surface area contributed by atoms with Crippen LogP contribution in [-0.4, -0.2) is 5.92 Å².